The van der Waals surface area contributed by atoms with E-state index < -0.39 is 0 Å². The van der Waals surface area contributed by atoms with Crippen molar-refractivity contribution in [2.24, 2.45) is 0 Å². The highest BCUT2D eigenvalue weighted by Crippen LogP contribution is 2.27. The monoisotopic (exact) mass is 364 g/mol. The molecule has 1 heterocycles. The van der Waals surface area contributed by atoms with Crippen molar-refractivity contribution in [2.75, 3.05) is 18.9 Å². The van der Waals surface area contributed by atoms with Gasteiger partial charge in [-0.2, -0.15) is 5.10 Å². The van der Waals surface area contributed by atoms with Gasteiger partial charge >= 0.3 is 0 Å². The van der Waals surface area contributed by atoms with Crippen LogP contribution in [0, 0.1) is 13.8 Å². The minimum atomic E-state index is -0.0890. The maximum absolute atomic E-state index is 12.2. The van der Waals surface area contributed by atoms with Crippen molar-refractivity contribution in [1.82, 2.24) is 15.1 Å². The van der Waals surface area contributed by atoms with Gasteiger partial charge in [0.05, 0.1) is 11.4 Å². The minimum absolute atomic E-state index is 0. The van der Waals surface area contributed by atoms with Crippen molar-refractivity contribution in [3.63, 3.8) is 0 Å². The Balaban J connectivity index is 0.00000312. The number of halogens is 1. The number of carbonyl (C=O) groups is 1. The van der Waals surface area contributed by atoms with Gasteiger partial charge in [-0.05, 0) is 32.5 Å². The summed E-state index contributed by atoms with van der Waals surface area (Å²) in [5.41, 5.74) is 4.18. The van der Waals surface area contributed by atoms with Crippen molar-refractivity contribution in [1.29, 1.82) is 0 Å². The molecule has 0 atom stereocenters. The molecule has 0 spiro atoms. The number of hydrogen-bond acceptors (Lipinski definition) is 3. The first-order valence-electron chi connectivity index (χ1n) is 8.35. The Morgan fingerprint density at radius 2 is 1.88 bits per heavy atom. The van der Waals surface area contributed by atoms with E-state index in [4.69, 9.17) is 5.10 Å². The normalized spacial score (nSPS) is 11.1. The van der Waals surface area contributed by atoms with Gasteiger partial charge in [-0.3, -0.25) is 4.79 Å². The molecule has 0 bridgehead atoms. The maximum atomic E-state index is 12.2. The van der Waals surface area contributed by atoms with Gasteiger partial charge in [0.1, 0.15) is 5.82 Å². The molecule has 1 amide bonds. The molecule has 0 aliphatic rings. The van der Waals surface area contributed by atoms with E-state index in [2.05, 4.69) is 57.4 Å². The van der Waals surface area contributed by atoms with Crippen LogP contribution in [0.15, 0.2) is 24.3 Å². The zero-order chi connectivity index (χ0) is 17.9. The predicted molar refractivity (Wildman–Crippen MR) is 106 cm³/mol. The van der Waals surface area contributed by atoms with Crippen molar-refractivity contribution >= 4 is 24.1 Å². The molecule has 0 saturated heterocycles. The Bertz CT molecular complexity index is 732. The van der Waals surface area contributed by atoms with Crippen LogP contribution in [-0.4, -0.2) is 29.3 Å². The van der Waals surface area contributed by atoms with Crippen LogP contribution < -0.4 is 10.6 Å². The van der Waals surface area contributed by atoms with E-state index in [9.17, 15) is 4.79 Å². The Labute approximate surface area is 156 Å². The summed E-state index contributed by atoms with van der Waals surface area (Å²) in [6.07, 6.45) is 0.430. The Morgan fingerprint density at radius 1 is 1.20 bits per heavy atom. The Morgan fingerprint density at radius 3 is 2.44 bits per heavy atom. The second-order valence-corrected chi connectivity index (χ2v) is 7.27. The highest BCUT2D eigenvalue weighted by molar-refractivity contribution is 5.90. The molecule has 25 heavy (non-hydrogen) atoms. The van der Waals surface area contributed by atoms with Crippen LogP contribution in [-0.2, 0) is 10.2 Å². The SMILES string of the molecule is CNCCC(=O)Nc1cc(C(C)(C)C)nn1-c1ccc(C)cc1C.Cl. The van der Waals surface area contributed by atoms with Crippen LogP contribution in [0.4, 0.5) is 5.82 Å². The average Bonchev–Trinajstić information content (AvgIpc) is 2.89. The highest BCUT2D eigenvalue weighted by Gasteiger charge is 2.22. The molecule has 0 saturated carbocycles. The summed E-state index contributed by atoms with van der Waals surface area (Å²) in [4.78, 5) is 12.2. The Hall–Kier alpha value is -1.85. The lowest BCUT2D eigenvalue weighted by molar-refractivity contribution is -0.116. The largest absolute Gasteiger partial charge is 0.319 e. The lowest BCUT2D eigenvalue weighted by Crippen LogP contribution is -2.20. The van der Waals surface area contributed by atoms with Gasteiger partial charge in [0, 0.05) is 24.4 Å². The van der Waals surface area contributed by atoms with E-state index >= 15 is 0 Å². The van der Waals surface area contributed by atoms with Gasteiger partial charge in [-0.25, -0.2) is 4.68 Å². The van der Waals surface area contributed by atoms with Gasteiger partial charge in [0.2, 0.25) is 5.91 Å². The van der Waals surface area contributed by atoms with Crippen LogP contribution in [0.5, 0.6) is 0 Å². The molecular formula is C19H29ClN4O. The van der Waals surface area contributed by atoms with Gasteiger partial charge in [-0.15, -0.1) is 12.4 Å². The van der Waals surface area contributed by atoms with Gasteiger partial charge in [-0.1, -0.05) is 38.5 Å². The minimum Gasteiger partial charge on any atom is -0.319 e. The van der Waals surface area contributed by atoms with Crippen molar-refractivity contribution < 1.29 is 4.79 Å². The standard InChI is InChI=1S/C19H28N4O.ClH/c1-13-7-8-15(14(2)11-13)23-17(21-18(24)9-10-20-6)12-16(22-23)19(3,4)5;/h7-8,11-12,20H,9-10H2,1-6H3,(H,21,24);1H. The first kappa shape index (κ1) is 21.2. The van der Waals surface area contributed by atoms with Gasteiger partial charge < -0.3 is 10.6 Å². The number of carbonyl (C=O) groups excluding carboxylic acids is 1. The third-order valence-electron chi connectivity index (χ3n) is 3.93. The predicted octanol–water partition coefficient (Wildman–Crippen LogP) is 3.76. The molecule has 2 aromatic rings. The van der Waals surface area contributed by atoms with Crippen LogP contribution >= 0.6 is 12.4 Å². The first-order valence-corrected chi connectivity index (χ1v) is 8.35. The number of rotatable bonds is 5. The molecular weight excluding hydrogens is 336 g/mol. The quantitative estimate of drug-likeness (QED) is 0.849. The smallest absolute Gasteiger partial charge is 0.226 e. The number of nitrogens with one attached hydrogen (secondary N) is 2. The van der Waals surface area contributed by atoms with Crippen LogP contribution in [0.25, 0.3) is 5.69 Å². The fourth-order valence-corrected chi connectivity index (χ4v) is 2.51. The molecule has 2 rings (SSSR count). The summed E-state index contributed by atoms with van der Waals surface area (Å²) >= 11 is 0. The molecule has 0 fully saturated rings. The second-order valence-electron chi connectivity index (χ2n) is 7.27. The summed E-state index contributed by atoms with van der Waals surface area (Å²) in [7, 11) is 1.84. The molecule has 0 aliphatic heterocycles. The van der Waals surface area contributed by atoms with E-state index in [0.29, 0.717) is 18.8 Å². The maximum Gasteiger partial charge on any atom is 0.226 e. The number of anilines is 1. The fourth-order valence-electron chi connectivity index (χ4n) is 2.51. The summed E-state index contributed by atoms with van der Waals surface area (Å²) < 4.78 is 1.84. The summed E-state index contributed by atoms with van der Waals surface area (Å²) in [5, 5.41) is 10.8. The van der Waals surface area contributed by atoms with E-state index in [-0.39, 0.29) is 23.7 Å². The second kappa shape index (κ2) is 8.50. The average molecular weight is 365 g/mol. The summed E-state index contributed by atoms with van der Waals surface area (Å²) in [6.45, 7) is 11.1. The molecule has 1 aromatic heterocycles. The molecule has 2 N–H and O–H groups in total. The van der Waals surface area contributed by atoms with E-state index in [1.165, 1.54) is 5.56 Å². The van der Waals surface area contributed by atoms with E-state index in [1.54, 1.807) is 0 Å². The lowest BCUT2D eigenvalue weighted by Gasteiger charge is -2.14. The summed E-state index contributed by atoms with van der Waals surface area (Å²) in [5.74, 6) is 0.698. The zero-order valence-electron chi connectivity index (χ0n) is 15.9. The zero-order valence-corrected chi connectivity index (χ0v) is 16.8. The molecule has 1 aromatic carbocycles. The third kappa shape index (κ3) is 5.31. The molecule has 6 heteroatoms. The number of amides is 1. The molecule has 0 radical (unpaired) electrons. The molecule has 0 unspecified atom stereocenters. The highest BCUT2D eigenvalue weighted by atomic mass is 35.5. The van der Waals surface area contributed by atoms with Crippen LogP contribution in [0.2, 0.25) is 0 Å². The van der Waals surface area contributed by atoms with Crippen molar-refractivity contribution in [3.8, 4) is 5.69 Å². The lowest BCUT2D eigenvalue weighted by atomic mass is 9.92. The molecule has 5 nitrogen and oxygen atoms in total. The van der Waals surface area contributed by atoms with Crippen molar-refractivity contribution in [3.05, 3.63) is 41.1 Å². The first-order chi connectivity index (χ1) is 11.2. The molecule has 0 aliphatic carbocycles. The topological polar surface area (TPSA) is 59.0 Å². The van der Waals surface area contributed by atoms with E-state index in [1.807, 2.05) is 23.9 Å². The van der Waals surface area contributed by atoms with Crippen molar-refractivity contribution in [2.45, 2.75) is 46.5 Å². The van der Waals surface area contributed by atoms with Crippen LogP contribution in [0.1, 0.15) is 44.0 Å². The summed E-state index contributed by atoms with van der Waals surface area (Å²) in [6, 6.07) is 8.21. The molecule has 138 valence electrons. The van der Waals surface area contributed by atoms with Crippen LogP contribution in [0.3, 0.4) is 0 Å². The van der Waals surface area contributed by atoms with Gasteiger partial charge in [0.25, 0.3) is 0 Å². The number of nitrogens with zero attached hydrogens (tertiary/aromatic N) is 2. The third-order valence-corrected chi connectivity index (χ3v) is 3.93. The number of aromatic nitrogens is 2. The van der Waals surface area contributed by atoms with E-state index in [0.717, 1.165) is 16.9 Å². The van der Waals surface area contributed by atoms with Gasteiger partial charge in [0.15, 0.2) is 0 Å². The number of aryl methyl sites for hydroxylation is 2. The number of benzene rings is 1. The Kier molecular flexibility index (Phi) is 7.20. The number of hydrogen-bond donors (Lipinski definition) is 2. The fraction of sp³-hybridized carbons (Fsp3) is 0.474.